The second kappa shape index (κ2) is 7.20. The molecule has 0 radical (unpaired) electrons. The van der Waals surface area contributed by atoms with E-state index in [-0.39, 0.29) is 45.5 Å². The van der Waals surface area contributed by atoms with Gasteiger partial charge in [0.15, 0.2) is 0 Å². The number of aliphatic hydroxyl groups excluding tert-OH is 1. The first-order valence-corrected chi connectivity index (χ1v) is 13.8. The van der Waals surface area contributed by atoms with Crippen LogP contribution in [-0.2, 0) is 9.59 Å². The van der Waals surface area contributed by atoms with Crippen LogP contribution >= 0.6 is 0 Å². The smallest absolute Gasteiger partial charge is 0.310 e. The number of hydrogen-bond donors (Lipinski definition) is 2. The molecule has 0 aromatic carbocycles. The topological polar surface area (TPSA) is 74.6 Å². The standard InChI is InChI=1S/C30H46O4/c1-25(2)13-15-29(24(33)34)16-14-27(5)19(20(29)17-25)7-8-22-28(27,6)11-9-21-26(3,4)23(32)10-12-30(21,22)18-31/h7,20-22,31H,8-18H2,1-6H3,(H,33,34)/t20-,21?,22+,27-,28-,29+,30-/m1/s1. The fraction of sp³-hybridized carbons (Fsp3) is 0.867. The van der Waals surface area contributed by atoms with Crippen LogP contribution in [0.5, 0.6) is 0 Å². The minimum atomic E-state index is -0.616. The first-order chi connectivity index (χ1) is 15.7. The lowest BCUT2D eigenvalue weighted by atomic mass is 9.33. The zero-order valence-electron chi connectivity index (χ0n) is 22.3. The Morgan fingerprint density at radius 1 is 0.971 bits per heavy atom. The molecule has 0 amide bonds. The third-order valence-electron chi connectivity index (χ3n) is 12.8. The Kier molecular flexibility index (Phi) is 5.20. The van der Waals surface area contributed by atoms with Gasteiger partial charge in [0.1, 0.15) is 5.78 Å². The van der Waals surface area contributed by atoms with Crippen molar-refractivity contribution in [3.05, 3.63) is 11.6 Å². The molecule has 34 heavy (non-hydrogen) atoms. The maximum atomic E-state index is 12.9. The van der Waals surface area contributed by atoms with E-state index in [1.165, 1.54) is 5.57 Å². The van der Waals surface area contributed by atoms with Crippen LogP contribution in [0.3, 0.4) is 0 Å². The molecule has 4 heteroatoms. The summed E-state index contributed by atoms with van der Waals surface area (Å²) in [6, 6.07) is 0. The largest absolute Gasteiger partial charge is 0.481 e. The average molecular weight is 471 g/mol. The fourth-order valence-electron chi connectivity index (χ4n) is 10.4. The Bertz CT molecular complexity index is 945. The van der Waals surface area contributed by atoms with E-state index in [0.29, 0.717) is 18.1 Å². The Morgan fingerprint density at radius 2 is 1.65 bits per heavy atom. The van der Waals surface area contributed by atoms with Crippen LogP contribution in [0, 0.1) is 50.2 Å². The van der Waals surface area contributed by atoms with E-state index >= 15 is 0 Å². The van der Waals surface area contributed by atoms with Gasteiger partial charge in [-0.2, -0.15) is 0 Å². The monoisotopic (exact) mass is 470 g/mol. The van der Waals surface area contributed by atoms with Gasteiger partial charge in [0.05, 0.1) is 5.41 Å². The van der Waals surface area contributed by atoms with Crippen molar-refractivity contribution in [2.75, 3.05) is 6.61 Å². The lowest BCUT2D eigenvalue weighted by Gasteiger charge is -2.70. The predicted octanol–water partition coefficient (Wildman–Crippen LogP) is 6.41. The van der Waals surface area contributed by atoms with Crippen molar-refractivity contribution < 1.29 is 19.8 Å². The summed E-state index contributed by atoms with van der Waals surface area (Å²) in [6.07, 6.45) is 11.2. The number of ketones is 1. The Balaban J connectivity index is 1.62. The van der Waals surface area contributed by atoms with Crippen LogP contribution < -0.4 is 0 Å². The van der Waals surface area contributed by atoms with E-state index in [2.05, 4.69) is 47.6 Å². The summed E-state index contributed by atoms with van der Waals surface area (Å²) < 4.78 is 0. The van der Waals surface area contributed by atoms with Crippen LogP contribution in [0.15, 0.2) is 11.6 Å². The lowest BCUT2D eigenvalue weighted by Crippen LogP contribution is -2.66. The molecule has 0 saturated heterocycles. The van der Waals surface area contributed by atoms with Gasteiger partial charge in [-0.05, 0) is 91.8 Å². The normalized spacial score (nSPS) is 49.1. The van der Waals surface area contributed by atoms with E-state index in [4.69, 9.17) is 0 Å². The van der Waals surface area contributed by atoms with Gasteiger partial charge in [0.25, 0.3) is 0 Å². The van der Waals surface area contributed by atoms with Crippen molar-refractivity contribution in [2.45, 2.75) is 106 Å². The summed E-state index contributed by atoms with van der Waals surface area (Å²) in [7, 11) is 0. The summed E-state index contributed by atoms with van der Waals surface area (Å²) in [5, 5.41) is 21.5. The van der Waals surface area contributed by atoms with Crippen molar-refractivity contribution in [1.29, 1.82) is 0 Å². The molecule has 4 fully saturated rings. The van der Waals surface area contributed by atoms with Crippen molar-refractivity contribution in [2.24, 2.45) is 50.2 Å². The number of carboxylic acid groups (broad SMARTS) is 1. The summed E-state index contributed by atoms with van der Waals surface area (Å²) in [6.45, 7) is 13.9. The van der Waals surface area contributed by atoms with Crippen LogP contribution in [0.2, 0.25) is 0 Å². The Labute approximate surface area is 206 Å². The molecule has 0 heterocycles. The molecule has 1 unspecified atom stereocenters. The molecule has 190 valence electrons. The number of carbonyl (C=O) groups is 2. The van der Waals surface area contributed by atoms with Crippen LogP contribution in [0.1, 0.15) is 106 Å². The van der Waals surface area contributed by atoms with Crippen molar-refractivity contribution >= 4 is 11.8 Å². The van der Waals surface area contributed by atoms with Crippen molar-refractivity contribution in [3.8, 4) is 0 Å². The van der Waals surface area contributed by atoms with Gasteiger partial charge in [-0.1, -0.05) is 53.2 Å². The van der Waals surface area contributed by atoms with Gasteiger partial charge in [-0.3, -0.25) is 9.59 Å². The number of rotatable bonds is 2. The molecular formula is C30H46O4. The predicted molar refractivity (Wildman–Crippen MR) is 133 cm³/mol. The van der Waals surface area contributed by atoms with Gasteiger partial charge in [-0.25, -0.2) is 0 Å². The van der Waals surface area contributed by atoms with Gasteiger partial charge in [0, 0.05) is 23.9 Å². The minimum Gasteiger partial charge on any atom is -0.481 e. The molecule has 0 bridgehead atoms. The molecule has 4 saturated carbocycles. The van der Waals surface area contributed by atoms with Gasteiger partial charge in [0.2, 0.25) is 0 Å². The molecule has 4 nitrogen and oxygen atoms in total. The first kappa shape index (κ1) is 24.5. The highest BCUT2D eigenvalue weighted by Crippen LogP contribution is 2.75. The number of carbonyl (C=O) groups excluding carboxylic acids is 1. The zero-order valence-corrected chi connectivity index (χ0v) is 22.3. The van der Waals surface area contributed by atoms with Gasteiger partial charge >= 0.3 is 5.97 Å². The fourth-order valence-corrected chi connectivity index (χ4v) is 10.4. The second-order valence-corrected chi connectivity index (χ2v) is 14.7. The van der Waals surface area contributed by atoms with Crippen LogP contribution in [0.25, 0.3) is 0 Å². The third-order valence-corrected chi connectivity index (χ3v) is 12.8. The molecule has 0 spiro atoms. The summed E-state index contributed by atoms with van der Waals surface area (Å²) in [5.74, 6) is 0.428. The highest BCUT2D eigenvalue weighted by atomic mass is 16.4. The number of aliphatic hydroxyl groups is 1. The summed E-state index contributed by atoms with van der Waals surface area (Å²) >= 11 is 0. The molecule has 7 atom stereocenters. The maximum absolute atomic E-state index is 12.9. The highest BCUT2D eigenvalue weighted by molar-refractivity contribution is 5.85. The van der Waals surface area contributed by atoms with Crippen molar-refractivity contribution in [1.82, 2.24) is 0 Å². The SMILES string of the molecule is CC1(C)CC[C@]2(C(=O)O)CC[C@]3(C)C(=CC[C@@H]4[C@@]5(CO)CCC(=O)C(C)(C)C5CC[C@]43C)[C@H]2C1. The Hall–Kier alpha value is -1.16. The number of carboxylic acids is 1. The second-order valence-electron chi connectivity index (χ2n) is 14.7. The number of aliphatic carboxylic acids is 1. The van der Waals surface area contributed by atoms with Crippen LogP contribution in [0.4, 0.5) is 0 Å². The molecule has 5 aliphatic carbocycles. The van der Waals surface area contributed by atoms with Crippen molar-refractivity contribution in [3.63, 3.8) is 0 Å². The molecule has 2 N–H and O–H groups in total. The first-order valence-electron chi connectivity index (χ1n) is 13.8. The zero-order chi connectivity index (χ0) is 24.9. The Morgan fingerprint density at radius 3 is 2.29 bits per heavy atom. The molecule has 0 aliphatic heterocycles. The number of fused-ring (bicyclic) bond motifs is 7. The molecule has 5 aliphatic rings. The average Bonchev–Trinajstić information content (AvgIpc) is 2.76. The van der Waals surface area contributed by atoms with Gasteiger partial charge in [-0.15, -0.1) is 0 Å². The lowest BCUT2D eigenvalue weighted by molar-refractivity contribution is -0.203. The van der Waals surface area contributed by atoms with E-state index in [1.54, 1.807) is 0 Å². The molecule has 0 aromatic rings. The number of Topliss-reactive ketones (excluding diaryl/α,β-unsaturated/α-hetero) is 1. The third kappa shape index (κ3) is 2.81. The minimum absolute atomic E-state index is 0.0129. The highest BCUT2D eigenvalue weighted by Gasteiger charge is 2.70. The van der Waals surface area contributed by atoms with E-state index in [9.17, 15) is 19.8 Å². The molecule has 5 rings (SSSR count). The number of allylic oxidation sites excluding steroid dienone is 2. The van der Waals surface area contributed by atoms with Gasteiger partial charge < -0.3 is 10.2 Å². The summed E-state index contributed by atoms with van der Waals surface area (Å²) in [4.78, 5) is 25.7. The molecular weight excluding hydrogens is 424 g/mol. The van der Waals surface area contributed by atoms with Crippen LogP contribution in [-0.4, -0.2) is 28.6 Å². The maximum Gasteiger partial charge on any atom is 0.310 e. The molecule has 0 aromatic heterocycles. The quantitative estimate of drug-likeness (QED) is 0.457. The summed E-state index contributed by atoms with van der Waals surface area (Å²) in [5.41, 5.74) is 0.331. The number of hydrogen-bond acceptors (Lipinski definition) is 3. The van der Waals surface area contributed by atoms with E-state index < -0.39 is 11.4 Å². The van der Waals surface area contributed by atoms with E-state index in [1.807, 2.05) is 0 Å². The van der Waals surface area contributed by atoms with E-state index in [0.717, 1.165) is 57.8 Å².